The number of benzene rings is 1. The van der Waals surface area contributed by atoms with Crippen molar-refractivity contribution in [3.05, 3.63) is 29.8 Å². The molecule has 0 fully saturated rings. The molecule has 0 spiro atoms. The molecular weight excluding hydrogens is 228 g/mol. The number of nitrogens with one attached hydrogen (secondary N) is 1. The largest absolute Gasteiger partial charge is 0.496 e. The van der Waals surface area contributed by atoms with Crippen LogP contribution < -0.4 is 15.8 Å². The molecule has 1 atom stereocenters. The highest BCUT2D eigenvalue weighted by atomic mass is 16.5. The van der Waals surface area contributed by atoms with Crippen molar-refractivity contribution >= 4 is 0 Å². The molecule has 4 nitrogen and oxygen atoms in total. The van der Waals surface area contributed by atoms with Crippen LogP contribution in [0.4, 0.5) is 0 Å². The van der Waals surface area contributed by atoms with E-state index < -0.39 is 0 Å². The SMILES string of the molecule is COCCNC(C)(CN)Cc1ccccc1OC. The predicted molar refractivity (Wildman–Crippen MR) is 74.0 cm³/mol. The standard InChI is InChI=1S/C14H24N2O2/c1-14(11-15,16-8-9-17-2)10-12-6-4-5-7-13(12)18-3/h4-7,16H,8-11,15H2,1-3H3. The summed E-state index contributed by atoms with van der Waals surface area (Å²) < 4.78 is 10.4. The van der Waals surface area contributed by atoms with Crippen molar-refractivity contribution < 1.29 is 9.47 Å². The van der Waals surface area contributed by atoms with Crippen LogP contribution in [-0.2, 0) is 11.2 Å². The monoisotopic (exact) mass is 252 g/mol. The van der Waals surface area contributed by atoms with Gasteiger partial charge in [-0.05, 0) is 25.0 Å². The van der Waals surface area contributed by atoms with E-state index in [0.29, 0.717) is 13.2 Å². The molecule has 0 heterocycles. The number of hydrogen-bond acceptors (Lipinski definition) is 4. The van der Waals surface area contributed by atoms with Crippen molar-refractivity contribution in [3.63, 3.8) is 0 Å². The van der Waals surface area contributed by atoms with E-state index in [4.69, 9.17) is 15.2 Å². The summed E-state index contributed by atoms with van der Waals surface area (Å²) in [5, 5.41) is 3.44. The van der Waals surface area contributed by atoms with Crippen LogP contribution in [0.1, 0.15) is 12.5 Å². The summed E-state index contributed by atoms with van der Waals surface area (Å²) in [6, 6.07) is 8.04. The Morgan fingerprint density at radius 1 is 1.28 bits per heavy atom. The number of methoxy groups -OCH3 is 2. The lowest BCUT2D eigenvalue weighted by Crippen LogP contribution is -2.51. The van der Waals surface area contributed by atoms with Crippen LogP contribution in [0.25, 0.3) is 0 Å². The Kier molecular flexibility index (Phi) is 6.12. The predicted octanol–water partition coefficient (Wildman–Crippen LogP) is 1.19. The van der Waals surface area contributed by atoms with Crippen LogP contribution in [0.3, 0.4) is 0 Å². The highest BCUT2D eigenvalue weighted by Gasteiger charge is 2.23. The average Bonchev–Trinajstić information content (AvgIpc) is 2.40. The molecule has 0 bridgehead atoms. The molecule has 0 saturated heterocycles. The minimum atomic E-state index is -0.146. The molecule has 1 unspecified atom stereocenters. The summed E-state index contributed by atoms with van der Waals surface area (Å²) in [4.78, 5) is 0. The Morgan fingerprint density at radius 2 is 2.00 bits per heavy atom. The summed E-state index contributed by atoms with van der Waals surface area (Å²) in [6.45, 7) is 4.16. The summed E-state index contributed by atoms with van der Waals surface area (Å²) in [5.74, 6) is 0.908. The van der Waals surface area contributed by atoms with Gasteiger partial charge in [-0.15, -0.1) is 0 Å². The molecule has 1 aromatic carbocycles. The van der Waals surface area contributed by atoms with Crippen molar-refractivity contribution in [1.82, 2.24) is 5.32 Å². The molecule has 18 heavy (non-hydrogen) atoms. The van der Waals surface area contributed by atoms with Crippen molar-refractivity contribution in [2.75, 3.05) is 33.9 Å². The highest BCUT2D eigenvalue weighted by molar-refractivity contribution is 5.34. The Morgan fingerprint density at radius 3 is 2.61 bits per heavy atom. The molecule has 0 aliphatic heterocycles. The Bertz CT molecular complexity index is 357. The maximum absolute atomic E-state index is 5.88. The van der Waals surface area contributed by atoms with E-state index in [1.165, 1.54) is 0 Å². The molecule has 1 rings (SSSR count). The van der Waals surface area contributed by atoms with Crippen molar-refractivity contribution in [3.8, 4) is 5.75 Å². The second kappa shape index (κ2) is 7.36. The van der Waals surface area contributed by atoms with Crippen molar-refractivity contribution in [2.45, 2.75) is 18.9 Å². The van der Waals surface area contributed by atoms with Gasteiger partial charge in [0.05, 0.1) is 13.7 Å². The fourth-order valence-corrected chi connectivity index (χ4v) is 1.93. The zero-order valence-electron chi connectivity index (χ0n) is 11.5. The summed E-state index contributed by atoms with van der Waals surface area (Å²) in [7, 11) is 3.39. The van der Waals surface area contributed by atoms with Crippen LogP contribution >= 0.6 is 0 Å². The van der Waals surface area contributed by atoms with E-state index in [1.807, 2.05) is 18.2 Å². The number of ether oxygens (including phenoxy) is 2. The fourth-order valence-electron chi connectivity index (χ4n) is 1.93. The third-order valence-corrected chi connectivity index (χ3v) is 3.08. The highest BCUT2D eigenvalue weighted by Crippen LogP contribution is 2.22. The van der Waals surface area contributed by atoms with Gasteiger partial charge in [0.2, 0.25) is 0 Å². The molecule has 0 radical (unpaired) electrons. The van der Waals surface area contributed by atoms with Gasteiger partial charge in [-0.25, -0.2) is 0 Å². The maximum atomic E-state index is 5.88. The van der Waals surface area contributed by atoms with E-state index in [0.717, 1.165) is 24.3 Å². The van der Waals surface area contributed by atoms with Crippen LogP contribution in [0.15, 0.2) is 24.3 Å². The van der Waals surface area contributed by atoms with Crippen LogP contribution in [0, 0.1) is 0 Å². The summed E-state index contributed by atoms with van der Waals surface area (Å²) in [6.07, 6.45) is 0.831. The van der Waals surface area contributed by atoms with E-state index in [2.05, 4.69) is 18.3 Å². The van der Waals surface area contributed by atoms with Crippen LogP contribution in [0.5, 0.6) is 5.75 Å². The topological polar surface area (TPSA) is 56.5 Å². The number of nitrogens with two attached hydrogens (primary N) is 1. The normalized spacial score (nSPS) is 14.2. The summed E-state index contributed by atoms with van der Waals surface area (Å²) >= 11 is 0. The first kappa shape index (κ1) is 15.0. The molecule has 4 heteroatoms. The first-order valence-corrected chi connectivity index (χ1v) is 6.21. The van der Waals surface area contributed by atoms with Gasteiger partial charge in [0.15, 0.2) is 0 Å². The molecule has 0 aliphatic rings. The van der Waals surface area contributed by atoms with E-state index >= 15 is 0 Å². The third-order valence-electron chi connectivity index (χ3n) is 3.08. The first-order chi connectivity index (χ1) is 8.65. The molecule has 102 valence electrons. The number of hydrogen-bond donors (Lipinski definition) is 2. The second-order valence-electron chi connectivity index (χ2n) is 4.67. The number of para-hydroxylation sites is 1. The molecule has 1 aromatic rings. The molecule has 0 aliphatic carbocycles. The Hall–Kier alpha value is -1.10. The average molecular weight is 252 g/mol. The van der Waals surface area contributed by atoms with Crippen LogP contribution in [-0.4, -0.2) is 39.5 Å². The fraction of sp³-hybridized carbons (Fsp3) is 0.571. The molecular formula is C14H24N2O2. The molecule has 0 aromatic heterocycles. The minimum absolute atomic E-state index is 0.146. The van der Waals surface area contributed by atoms with Gasteiger partial charge in [0, 0.05) is 25.7 Å². The van der Waals surface area contributed by atoms with E-state index in [9.17, 15) is 0 Å². The van der Waals surface area contributed by atoms with E-state index in [-0.39, 0.29) is 5.54 Å². The smallest absolute Gasteiger partial charge is 0.122 e. The summed E-state index contributed by atoms with van der Waals surface area (Å²) in [5.41, 5.74) is 6.90. The molecule has 0 saturated carbocycles. The molecule has 0 amide bonds. The molecule has 3 N–H and O–H groups in total. The lowest BCUT2D eigenvalue weighted by molar-refractivity contribution is 0.186. The maximum Gasteiger partial charge on any atom is 0.122 e. The zero-order valence-corrected chi connectivity index (χ0v) is 11.5. The van der Waals surface area contributed by atoms with E-state index in [1.54, 1.807) is 14.2 Å². The Balaban J connectivity index is 2.71. The van der Waals surface area contributed by atoms with Crippen molar-refractivity contribution in [2.24, 2.45) is 5.73 Å². The van der Waals surface area contributed by atoms with Crippen LogP contribution in [0.2, 0.25) is 0 Å². The first-order valence-electron chi connectivity index (χ1n) is 6.21. The van der Waals surface area contributed by atoms with Gasteiger partial charge in [-0.2, -0.15) is 0 Å². The second-order valence-corrected chi connectivity index (χ2v) is 4.67. The zero-order chi connectivity index (χ0) is 13.4. The van der Waals surface area contributed by atoms with Gasteiger partial charge in [-0.1, -0.05) is 18.2 Å². The van der Waals surface area contributed by atoms with Gasteiger partial charge in [0.1, 0.15) is 5.75 Å². The van der Waals surface area contributed by atoms with Gasteiger partial charge in [-0.3, -0.25) is 0 Å². The lowest BCUT2D eigenvalue weighted by atomic mass is 9.92. The van der Waals surface area contributed by atoms with Gasteiger partial charge in [0.25, 0.3) is 0 Å². The lowest BCUT2D eigenvalue weighted by Gasteiger charge is -2.30. The van der Waals surface area contributed by atoms with Gasteiger partial charge < -0.3 is 20.5 Å². The Labute approximate surface area is 109 Å². The minimum Gasteiger partial charge on any atom is -0.496 e. The third kappa shape index (κ3) is 4.29. The number of rotatable bonds is 8. The van der Waals surface area contributed by atoms with Gasteiger partial charge >= 0.3 is 0 Å². The van der Waals surface area contributed by atoms with Crippen molar-refractivity contribution in [1.29, 1.82) is 0 Å². The quantitative estimate of drug-likeness (QED) is 0.682.